The summed E-state index contributed by atoms with van der Waals surface area (Å²) in [6.45, 7) is 3.66. The van der Waals surface area contributed by atoms with Crippen molar-refractivity contribution in [3.8, 4) is 0 Å². The normalized spacial score (nSPS) is 16.7. The summed E-state index contributed by atoms with van der Waals surface area (Å²) in [6, 6.07) is 1.91. The van der Waals surface area contributed by atoms with Crippen molar-refractivity contribution in [2.45, 2.75) is 19.8 Å². The number of ether oxygens (including phenoxy) is 1. The largest absolute Gasteiger partial charge is 0.469 e. The maximum atomic E-state index is 11.4. The maximum Gasteiger partial charge on any atom is 0.308 e. The van der Waals surface area contributed by atoms with Crippen molar-refractivity contribution in [2.75, 3.05) is 25.1 Å². The summed E-state index contributed by atoms with van der Waals surface area (Å²) < 4.78 is 4.78. The van der Waals surface area contributed by atoms with Crippen molar-refractivity contribution in [1.29, 1.82) is 0 Å². The Morgan fingerprint density at radius 2 is 2.17 bits per heavy atom. The Balaban J connectivity index is 2.03. The van der Waals surface area contributed by atoms with Gasteiger partial charge in [-0.15, -0.1) is 0 Å². The van der Waals surface area contributed by atoms with E-state index in [9.17, 15) is 4.79 Å². The minimum absolute atomic E-state index is 0.0267. The first-order valence-electron chi connectivity index (χ1n) is 6.06. The third-order valence-corrected chi connectivity index (χ3v) is 3.55. The molecule has 0 aliphatic carbocycles. The predicted molar refractivity (Wildman–Crippen MR) is 70.9 cm³/mol. The molecule has 1 fully saturated rings. The van der Waals surface area contributed by atoms with Gasteiger partial charge in [0.15, 0.2) is 0 Å². The molecule has 4 nitrogen and oxygen atoms in total. The topological polar surface area (TPSA) is 42.4 Å². The zero-order valence-electron chi connectivity index (χ0n) is 10.6. The molecule has 18 heavy (non-hydrogen) atoms. The van der Waals surface area contributed by atoms with Crippen molar-refractivity contribution in [3.63, 3.8) is 0 Å². The van der Waals surface area contributed by atoms with E-state index in [0.29, 0.717) is 5.02 Å². The fourth-order valence-corrected chi connectivity index (χ4v) is 2.57. The van der Waals surface area contributed by atoms with Crippen LogP contribution in [0.4, 0.5) is 5.82 Å². The Bertz CT molecular complexity index is 443. The second kappa shape index (κ2) is 5.57. The van der Waals surface area contributed by atoms with Crippen molar-refractivity contribution >= 4 is 23.4 Å². The molecule has 0 radical (unpaired) electrons. The predicted octanol–water partition coefficient (Wildman–Crippen LogP) is 2.43. The average molecular weight is 269 g/mol. The van der Waals surface area contributed by atoms with Crippen molar-refractivity contribution in [1.82, 2.24) is 4.98 Å². The van der Waals surface area contributed by atoms with Gasteiger partial charge in [0.1, 0.15) is 5.82 Å². The van der Waals surface area contributed by atoms with Crippen LogP contribution in [0.15, 0.2) is 12.3 Å². The van der Waals surface area contributed by atoms with Gasteiger partial charge in [-0.1, -0.05) is 11.6 Å². The molecule has 1 saturated heterocycles. The summed E-state index contributed by atoms with van der Waals surface area (Å²) in [6.07, 6.45) is 3.29. The SMILES string of the molecule is COC(=O)C1CCN(c2ncc(Cl)cc2C)CC1. The van der Waals surface area contributed by atoms with Gasteiger partial charge < -0.3 is 9.64 Å². The quantitative estimate of drug-likeness (QED) is 0.773. The van der Waals surface area contributed by atoms with Crippen LogP contribution in [0.5, 0.6) is 0 Å². The number of anilines is 1. The second-order valence-corrected chi connectivity index (χ2v) is 5.01. The van der Waals surface area contributed by atoms with Crippen LogP contribution < -0.4 is 4.90 Å². The first-order valence-corrected chi connectivity index (χ1v) is 6.44. The number of aromatic nitrogens is 1. The highest BCUT2D eigenvalue weighted by atomic mass is 35.5. The van der Waals surface area contributed by atoms with E-state index in [0.717, 1.165) is 37.3 Å². The molecule has 0 spiro atoms. The Kier molecular flexibility index (Phi) is 4.07. The van der Waals surface area contributed by atoms with E-state index in [1.54, 1.807) is 6.20 Å². The molecule has 0 bridgehead atoms. The van der Waals surface area contributed by atoms with Crippen molar-refractivity contribution < 1.29 is 9.53 Å². The number of hydrogen-bond acceptors (Lipinski definition) is 4. The first-order chi connectivity index (χ1) is 8.61. The third-order valence-electron chi connectivity index (χ3n) is 3.35. The van der Waals surface area contributed by atoms with Gasteiger partial charge in [0, 0.05) is 19.3 Å². The van der Waals surface area contributed by atoms with E-state index in [1.165, 1.54) is 7.11 Å². The fourth-order valence-electron chi connectivity index (χ4n) is 2.36. The lowest BCUT2D eigenvalue weighted by Crippen LogP contribution is -2.37. The number of nitrogens with zero attached hydrogens (tertiary/aromatic N) is 2. The molecule has 98 valence electrons. The fraction of sp³-hybridized carbons (Fsp3) is 0.538. The highest BCUT2D eigenvalue weighted by molar-refractivity contribution is 6.30. The number of esters is 1. The first kappa shape index (κ1) is 13.1. The second-order valence-electron chi connectivity index (χ2n) is 4.58. The monoisotopic (exact) mass is 268 g/mol. The van der Waals surface area contributed by atoms with E-state index in [-0.39, 0.29) is 11.9 Å². The van der Waals surface area contributed by atoms with Crippen LogP contribution in [0.25, 0.3) is 0 Å². The number of carbonyl (C=O) groups is 1. The van der Waals surface area contributed by atoms with Gasteiger partial charge in [-0.05, 0) is 31.4 Å². The lowest BCUT2D eigenvalue weighted by atomic mass is 9.97. The molecule has 0 N–H and O–H groups in total. The Labute approximate surface area is 112 Å². The van der Waals surface area contributed by atoms with Crippen LogP contribution in [-0.4, -0.2) is 31.2 Å². The van der Waals surface area contributed by atoms with E-state index in [4.69, 9.17) is 16.3 Å². The number of pyridine rings is 1. The minimum atomic E-state index is -0.101. The number of piperidine rings is 1. The Hall–Kier alpha value is -1.29. The molecule has 2 rings (SSSR count). The highest BCUT2D eigenvalue weighted by Gasteiger charge is 2.26. The maximum absolute atomic E-state index is 11.4. The molecule has 0 amide bonds. The van der Waals surface area contributed by atoms with E-state index < -0.39 is 0 Å². The molecule has 5 heteroatoms. The van der Waals surface area contributed by atoms with E-state index >= 15 is 0 Å². The highest BCUT2D eigenvalue weighted by Crippen LogP contribution is 2.26. The summed E-state index contributed by atoms with van der Waals surface area (Å²) in [5.41, 5.74) is 1.07. The van der Waals surface area contributed by atoms with Gasteiger partial charge in [0.05, 0.1) is 18.1 Å². The molecule has 0 aromatic carbocycles. The summed E-state index contributed by atoms with van der Waals surface area (Å²) >= 11 is 5.90. The minimum Gasteiger partial charge on any atom is -0.469 e. The standard InChI is InChI=1S/C13H17ClN2O2/c1-9-7-11(14)8-15-12(9)16-5-3-10(4-6-16)13(17)18-2/h7-8,10H,3-6H2,1-2H3. The molecular formula is C13H17ClN2O2. The summed E-state index contributed by atoms with van der Waals surface area (Å²) in [5, 5.41) is 0.653. The van der Waals surface area contributed by atoms with Gasteiger partial charge in [0.2, 0.25) is 0 Å². The van der Waals surface area contributed by atoms with E-state index in [1.807, 2.05) is 13.0 Å². The molecular weight excluding hydrogens is 252 g/mol. The molecule has 0 saturated carbocycles. The van der Waals surface area contributed by atoms with Gasteiger partial charge in [0.25, 0.3) is 0 Å². The summed E-state index contributed by atoms with van der Waals surface area (Å²) in [4.78, 5) is 18.0. The van der Waals surface area contributed by atoms with Gasteiger partial charge in [-0.2, -0.15) is 0 Å². The summed E-state index contributed by atoms with van der Waals surface area (Å²) in [5.74, 6) is 0.886. The van der Waals surface area contributed by atoms with Crippen LogP contribution in [0.2, 0.25) is 5.02 Å². The zero-order chi connectivity index (χ0) is 13.1. The molecule has 1 aliphatic heterocycles. The van der Waals surface area contributed by atoms with Crippen LogP contribution in [0, 0.1) is 12.8 Å². The molecule has 0 unspecified atom stereocenters. The Morgan fingerprint density at radius 1 is 1.50 bits per heavy atom. The van der Waals surface area contributed by atoms with Crippen LogP contribution in [0.1, 0.15) is 18.4 Å². The zero-order valence-corrected chi connectivity index (χ0v) is 11.4. The van der Waals surface area contributed by atoms with E-state index in [2.05, 4.69) is 9.88 Å². The number of methoxy groups -OCH3 is 1. The number of carbonyl (C=O) groups excluding carboxylic acids is 1. The molecule has 1 aromatic heterocycles. The Morgan fingerprint density at radius 3 is 2.72 bits per heavy atom. The van der Waals surface area contributed by atoms with Crippen molar-refractivity contribution in [3.05, 3.63) is 22.8 Å². The van der Waals surface area contributed by atoms with Crippen LogP contribution in [-0.2, 0) is 9.53 Å². The van der Waals surface area contributed by atoms with Crippen LogP contribution >= 0.6 is 11.6 Å². The third kappa shape index (κ3) is 2.75. The average Bonchev–Trinajstić information content (AvgIpc) is 2.38. The number of rotatable bonds is 2. The molecule has 1 aromatic rings. The van der Waals surface area contributed by atoms with Gasteiger partial charge >= 0.3 is 5.97 Å². The number of hydrogen-bond donors (Lipinski definition) is 0. The summed E-state index contributed by atoms with van der Waals surface area (Å²) in [7, 11) is 1.44. The molecule has 1 aliphatic rings. The lowest BCUT2D eigenvalue weighted by Gasteiger charge is -2.32. The van der Waals surface area contributed by atoms with Gasteiger partial charge in [-0.25, -0.2) is 4.98 Å². The molecule has 0 atom stereocenters. The smallest absolute Gasteiger partial charge is 0.308 e. The number of aryl methyl sites for hydroxylation is 1. The molecule has 2 heterocycles. The van der Waals surface area contributed by atoms with Gasteiger partial charge in [-0.3, -0.25) is 4.79 Å². The van der Waals surface area contributed by atoms with Crippen LogP contribution in [0.3, 0.4) is 0 Å². The van der Waals surface area contributed by atoms with Crippen molar-refractivity contribution in [2.24, 2.45) is 5.92 Å². The lowest BCUT2D eigenvalue weighted by molar-refractivity contribution is -0.146. The number of halogens is 1.